The predicted octanol–water partition coefficient (Wildman–Crippen LogP) is 6.67. The van der Waals surface area contributed by atoms with E-state index in [0.29, 0.717) is 16.8 Å². The summed E-state index contributed by atoms with van der Waals surface area (Å²) in [4.78, 5) is 39.7. The number of carbonyl (C=O) groups is 3. The first-order chi connectivity index (χ1) is 18.0. The van der Waals surface area contributed by atoms with Gasteiger partial charge < -0.3 is 10.6 Å². The molecule has 0 bridgehead atoms. The minimum atomic E-state index is -0.583. The van der Waals surface area contributed by atoms with Crippen LogP contribution in [-0.2, 0) is 4.79 Å². The Hall–Kier alpha value is -4.51. The number of rotatable bonds is 7. The Labute approximate surface area is 216 Å². The van der Waals surface area contributed by atoms with E-state index in [1.807, 2.05) is 109 Å². The van der Waals surface area contributed by atoms with E-state index in [1.54, 1.807) is 0 Å². The van der Waals surface area contributed by atoms with Crippen molar-refractivity contribution in [3.05, 3.63) is 131 Å². The molecular weight excluding hydrogens is 460 g/mol. The van der Waals surface area contributed by atoms with Crippen molar-refractivity contribution in [2.24, 2.45) is 5.92 Å². The number of para-hydroxylation sites is 2. The van der Waals surface area contributed by atoms with Crippen molar-refractivity contribution < 1.29 is 14.4 Å². The highest BCUT2D eigenvalue weighted by Crippen LogP contribution is 2.49. The lowest BCUT2D eigenvalue weighted by Crippen LogP contribution is -2.38. The first kappa shape index (κ1) is 24.2. The van der Waals surface area contributed by atoms with Crippen LogP contribution in [0.1, 0.15) is 57.1 Å². The van der Waals surface area contributed by atoms with Gasteiger partial charge in [0.05, 0.1) is 12.0 Å². The van der Waals surface area contributed by atoms with Crippen LogP contribution in [0.2, 0.25) is 0 Å². The van der Waals surface area contributed by atoms with Crippen molar-refractivity contribution in [1.29, 1.82) is 0 Å². The fourth-order valence-corrected chi connectivity index (χ4v) is 5.29. The van der Waals surface area contributed by atoms with E-state index in [1.165, 1.54) is 6.92 Å². The van der Waals surface area contributed by atoms with E-state index >= 15 is 0 Å². The molecule has 0 aromatic heterocycles. The molecule has 0 aliphatic carbocycles. The molecular formula is C32H28N2O3. The van der Waals surface area contributed by atoms with Gasteiger partial charge in [0.25, 0.3) is 0 Å². The molecule has 0 spiro atoms. The third-order valence-corrected chi connectivity index (χ3v) is 6.93. The minimum Gasteiger partial charge on any atom is -0.377 e. The molecule has 2 N–H and O–H groups in total. The second-order valence-corrected chi connectivity index (χ2v) is 9.33. The summed E-state index contributed by atoms with van der Waals surface area (Å²) < 4.78 is 0. The zero-order valence-electron chi connectivity index (χ0n) is 20.6. The highest BCUT2D eigenvalue weighted by Gasteiger charge is 2.43. The fraction of sp³-hybridized carbons (Fsp3) is 0.156. The van der Waals surface area contributed by atoms with Crippen molar-refractivity contribution in [2.45, 2.75) is 25.3 Å². The lowest BCUT2D eigenvalue weighted by atomic mass is 9.69. The average Bonchev–Trinajstić information content (AvgIpc) is 2.93. The third kappa shape index (κ3) is 5.07. The minimum absolute atomic E-state index is 0.0120. The Morgan fingerprint density at radius 1 is 0.703 bits per heavy atom. The van der Waals surface area contributed by atoms with Crippen LogP contribution >= 0.6 is 0 Å². The first-order valence-corrected chi connectivity index (χ1v) is 12.4. The SMILES string of the molecule is CC(=O)Nc1ccccc1[C@@H]1Nc2ccccc2[C@H](CC(=O)c2ccccc2)[C@H]1C(=O)c1ccccc1. The summed E-state index contributed by atoms with van der Waals surface area (Å²) in [5.41, 5.74) is 4.49. The number of anilines is 2. The first-order valence-electron chi connectivity index (χ1n) is 12.4. The molecule has 0 fully saturated rings. The zero-order valence-corrected chi connectivity index (χ0v) is 20.6. The van der Waals surface area contributed by atoms with Gasteiger partial charge in [-0.1, -0.05) is 97.1 Å². The van der Waals surface area contributed by atoms with Crippen LogP contribution in [0.5, 0.6) is 0 Å². The van der Waals surface area contributed by atoms with Gasteiger partial charge in [-0.2, -0.15) is 0 Å². The van der Waals surface area contributed by atoms with Crippen LogP contribution in [0.25, 0.3) is 0 Å². The molecule has 5 nitrogen and oxygen atoms in total. The molecule has 0 saturated heterocycles. The molecule has 184 valence electrons. The van der Waals surface area contributed by atoms with Gasteiger partial charge in [-0.15, -0.1) is 0 Å². The molecule has 4 aromatic rings. The van der Waals surface area contributed by atoms with Gasteiger partial charge in [-0.25, -0.2) is 0 Å². The summed E-state index contributed by atoms with van der Waals surface area (Å²) in [6.45, 7) is 1.47. The molecule has 0 saturated carbocycles. The van der Waals surface area contributed by atoms with Gasteiger partial charge in [-0.3, -0.25) is 14.4 Å². The zero-order chi connectivity index (χ0) is 25.8. The number of Topliss-reactive ketones (excluding diaryl/α,β-unsaturated/α-hetero) is 2. The second-order valence-electron chi connectivity index (χ2n) is 9.33. The lowest BCUT2D eigenvalue weighted by Gasteiger charge is -2.40. The Morgan fingerprint density at radius 3 is 1.95 bits per heavy atom. The summed E-state index contributed by atoms with van der Waals surface area (Å²) in [6.07, 6.45) is 0.185. The number of ketones is 2. The second kappa shape index (κ2) is 10.6. The fourth-order valence-electron chi connectivity index (χ4n) is 5.29. The topological polar surface area (TPSA) is 75.3 Å². The Kier molecular flexibility index (Phi) is 6.95. The van der Waals surface area contributed by atoms with Crippen molar-refractivity contribution in [3.8, 4) is 0 Å². The highest BCUT2D eigenvalue weighted by molar-refractivity contribution is 6.02. The van der Waals surface area contributed by atoms with Gasteiger partial charge in [0.1, 0.15) is 0 Å². The van der Waals surface area contributed by atoms with Crippen LogP contribution in [0.15, 0.2) is 109 Å². The summed E-state index contributed by atoms with van der Waals surface area (Å²) in [5, 5.41) is 6.51. The maximum absolute atomic E-state index is 14.2. The number of hydrogen-bond donors (Lipinski definition) is 2. The van der Waals surface area contributed by atoms with Gasteiger partial charge in [-0.05, 0) is 23.3 Å². The van der Waals surface area contributed by atoms with Gasteiger partial charge in [0.2, 0.25) is 5.91 Å². The van der Waals surface area contributed by atoms with Gasteiger partial charge in [0.15, 0.2) is 11.6 Å². The normalized spacial score (nSPS) is 18.2. The maximum Gasteiger partial charge on any atom is 0.221 e. The van der Waals surface area contributed by atoms with Crippen LogP contribution in [0.4, 0.5) is 11.4 Å². The molecule has 0 radical (unpaired) electrons. The third-order valence-electron chi connectivity index (χ3n) is 6.93. The number of nitrogens with one attached hydrogen (secondary N) is 2. The summed E-state index contributed by atoms with van der Waals surface area (Å²) in [7, 11) is 0. The van der Waals surface area contributed by atoms with Gasteiger partial charge in [0, 0.05) is 41.8 Å². The lowest BCUT2D eigenvalue weighted by molar-refractivity contribution is -0.114. The molecule has 5 rings (SSSR count). The smallest absolute Gasteiger partial charge is 0.221 e. The molecule has 37 heavy (non-hydrogen) atoms. The molecule has 0 unspecified atom stereocenters. The summed E-state index contributed by atoms with van der Waals surface area (Å²) in [6, 6.07) is 33.3. The van der Waals surface area contributed by atoms with Crippen molar-refractivity contribution >= 4 is 28.8 Å². The molecule has 3 atom stereocenters. The van der Waals surface area contributed by atoms with E-state index in [4.69, 9.17) is 0 Å². The van der Waals surface area contributed by atoms with E-state index in [9.17, 15) is 14.4 Å². The van der Waals surface area contributed by atoms with Crippen LogP contribution in [0.3, 0.4) is 0 Å². The van der Waals surface area contributed by atoms with Crippen molar-refractivity contribution in [2.75, 3.05) is 10.6 Å². The monoisotopic (exact) mass is 488 g/mol. The maximum atomic E-state index is 14.2. The number of benzene rings is 4. The Balaban J connectivity index is 1.66. The number of fused-ring (bicyclic) bond motifs is 1. The molecule has 1 aliphatic rings. The number of amides is 1. The molecule has 1 amide bonds. The van der Waals surface area contributed by atoms with Gasteiger partial charge >= 0.3 is 0 Å². The molecule has 1 heterocycles. The molecule has 4 aromatic carbocycles. The summed E-state index contributed by atoms with van der Waals surface area (Å²) >= 11 is 0. The molecule has 1 aliphatic heterocycles. The van der Waals surface area contributed by atoms with E-state index < -0.39 is 12.0 Å². The number of carbonyl (C=O) groups excluding carboxylic acids is 3. The van der Waals surface area contributed by atoms with E-state index in [-0.39, 0.29) is 29.8 Å². The summed E-state index contributed by atoms with van der Waals surface area (Å²) in [5.74, 6) is -1.20. The van der Waals surface area contributed by atoms with Crippen LogP contribution in [-0.4, -0.2) is 17.5 Å². The van der Waals surface area contributed by atoms with Crippen molar-refractivity contribution in [3.63, 3.8) is 0 Å². The standard InChI is InChI=1S/C32H28N2O3/c1-21(35)33-28-19-11-9-17-25(28)31-30(32(37)23-14-6-3-7-15-23)26(24-16-8-10-18-27(24)34-31)20-29(36)22-12-4-2-5-13-22/h2-19,26,30-31,34H,20H2,1H3,(H,33,35)/t26-,30+,31-/m0/s1. The van der Waals surface area contributed by atoms with Crippen molar-refractivity contribution in [1.82, 2.24) is 0 Å². The largest absolute Gasteiger partial charge is 0.377 e. The van der Waals surface area contributed by atoms with E-state index in [0.717, 1.165) is 16.8 Å². The Bertz CT molecular complexity index is 1430. The predicted molar refractivity (Wildman–Crippen MR) is 146 cm³/mol. The average molecular weight is 489 g/mol. The Morgan fingerprint density at radius 2 is 1.27 bits per heavy atom. The van der Waals surface area contributed by atoms with Crippen LogP contribution in [0, 0.1) is 5.92 Å². The molecule has 5 heteroatoms. The van der Waals surface area contributed by atoms with Crippen LogP contribution < -0.4 is 10.6 Å². The quantitative estimate of drug-likeness (QED) is 0.285. The van der Waals surface area contributed by atoms with E-state index in [2.05, 4.69) is 10.6 Å². The number of hydrogen-bond acceptors (Lipinski definition) is 4. The highest BCUT2D eigenvalue weighted by atomic mass is 16.1.